The number of aliphatic carboxylic acids is 1. The number of hydrogen-bond donors (Lipinski definition) is 2. The van der Waals surface area contributed by atoms with Crippen LogP contribution in [0.3, 0.4) is 0 Å². The summed E-state index contributed by atoms with van der Waals surface area (Å²) in [6.07, 6.45) is 0. The fourth-order valence-electron chi connectivity index (χ4n) is 1.65. The van der Waals surface area contributed by atoms with Crippen LogP contribution < -0.4 is 5.32 Å². The molecule has 0 aliphatic heterocycles. The highest BCUT2D eigenvalue weighted by molar-refractivity contribution is 5.82. The van der Waals surface area contributed by atoms with Crippen LogP contribution in [0.15, 0.2) is 24.3 Å². The number of nitrogens with one attached hydrogen (secondary N) is 1. The van der Waals surface area contributed by atoms with Crippen molar-refractivity contribution in [3.05, 3.63) is 35.4 Å². The molecule has 0 aliphatic carbocycles. The van der Waals surface area contributed by atoms with Crippen LogP contribution in [0.1, 0.15) is 11.1 Å². The highest BCUT2D eigenvalue weighted by Gasteiger charge is 2.08. The van der Waals surface area contributed by atoms with Crippen LogP contribution in [-0.2, 0) is 16.1 Å². The van der Waals surface area contributed by atoms with Crippen LogP contribution in [0.2, 0.25) is 0 Å². The number of carboxylic acids is 1. The number of carbonyl (C=O) groups is 2. The number of nitrogens with zero attached hydrogens (tertiary/aromatic N) is 1. The Morgan fingerprint density at radius 1 is 1.39 bits per heavy atom. The van der Waals surface area contributed by atoms with E-state index in [1.807, 2.05) is 37.1 Å². The van der Waals surface area contributed by atoms with Crippen LogP contribution in [0.5, 0.6) is 0 Å². The molecule has 0 heterocycles. The molecule has 0 saturated heterocycles. The van der Waals surface area contributed by atoms with Crippen LogP contribution >= 0.6 is 0 Å². The van der Waals surface area contributed by atoms with Crippen molar-refractivity contribution in [2.45, 2.75) is 13.5 Å². The molecule has 5 heteroatoms. The van der Waals surface area contributed by atoms with Crippen molar-refractivity contribution in [3.63, 3.8) is 0 Å². The Balaban J connectivity index is 2.39. The Bertz CT molecular complexity index is 432. The molecule has 1 aromatic carbocycles. The Kier molecular flexibility index (Phi) is 5.32. The molecule has 2 N–H and O–H groups in total. The molecule has 0 aliphatic rings. The van der Waals surface area contributed by atoms with E-state index in [2.05, 4.69) is 11.4 Å². The van der Waals surface area contributed by atoms with Crippen LogP contribution in [0.4, 0.5) is 0 Å². The minimum absolute atomic E-state index is 0.182. The van der Waals surface area contributed by atoms with Crippen molar-refractivity contribution in [1.29, 1.82) is 0 Å². The molecule has 0 atom stereocenters. The van der Waals surface area contributed by atoms with Crippen LogP contribution in [-0.4, -0.2) is 42.0 Å². The summed E-state index contributed by atoms with van der Waals surface area (Å²) in [6.45, 7) is 2.52. The molecule has 0 radical (unpaired) electrons. The zero-order valence-electron chi connectivity index (χ0n) is 10.6. The summed E-state index contributed by atoms with van der Waals surface area (Å²) in [5.41, 5.74) is 2.31. The number of hydrogen-bond acceptors (Lipinski definition) is 3. The molecular weight excluding hydrogens is 232 g/mol. The van der Waals surface area contributed by atoms with Gasteiger partial charge in [0.1, 0.15) is 6.54 Å². The largest absolute Gasteiger partial charge is 0.480 e. The first-order valence-corrected chi connectivity index (χ1v) is 5.70. The highest BCUT2D eigenvalue weighted by atomic mass is 16.4. The van der Waals surface area contributed by atoms with Gasteiger partial charge in [-0.05, 0) is 19.5 Å². The van der Waals surface area contributed by atoms with E-state index in [-0.39, 0.29) is 19.0 Å². The van der Waals surface area contributed by atoms with Gasteiger partial charge in [0.05, 0.1) is 6.54 Å². The molecule has 18 heavy (non-hydrogen) atoms. The third-order valence-corrected chi connectivity index (χ3v) is 2.39. The first-order chi connectivity index (χ1) is 8.47. The van der Waals surface area contributed by atoms with E-state index in [4.69, 9.17) is 5.11 Å². The minimum Gasteiger partial charge on any atom is -0.480 e. The monoisotopic (exact) mass is 250 g/mol. The maximum absolute atomic E-state index is 11.4. The van der Waals surface area contributed by atoms with Gasteiger partial charge in [0.25, 0.3) is 0 Å². The molecule has 0 spiro atoms. The lowest BCUT2D eigenvalue weighted by atomic mass is 10.1. The van der Waals surface area contributed by atoms with Gasteiger partial charge in [-0.15, -0.1) is 0 Å². The zero-order chi connectivity index (χ0) is 13.5. The Hall–Kier alpha value is -1.88. The fourth-order valence-corrected chi connectivity index (χ4v) is 1.65. The number of benzene rings is 1. The number of carboxylic acid groups (broad SMARTS) is 1. The zero-order valence-corrected chi connectivity index (χ0v) is 10.6. The first kappa shape index (κ1) is 14.2. The highest BCUT2D eigenvalue weighted by Crippen LogP contribution is 2.06. The summed E-state index contributed by atoms with van der Waals surface area (Å²) in [6, 6.07) is 8.05. The van der Waals surface area contributed by atoms with E-state index in [0.717, 1.165) is 5.56 Å². The first-order valence-electron chi connectivity index (χ1n) is 5.70. The molecule has 0 bridgehead atoms. The van der Waals surface area contributed by atoms with Crippen molar-refractivity contribution < 1.29 is 14.7 Å². The Morgan fingerprint density at radius 2 is 2.11 bits per heavy atom. The predicted molar refractivity (Wildman–Crippen MR) is 68.2 cm³/mol. The second kappa shape index (κ2) is 6.76. The quantitative estimate of drug-likeness (QED) is 0.777. The normalized spacial score (nSPS) is 10.4. The maximum Gasteiger partial charge on any atom is 0.322 e. The molecule has 1 aromatic rings. The molecule has 0 saturated carbocycles. The van der Waals surface area contributed by atoms with Gasteiger partial charge in [-0.3, -0.25) is 14.5 Å². The van der Waals surface area contributed by atoms with Gasteiger partial charge < -0.3 is 10.4 Å². The summed E-state index contributed by atoms with van der Waals surface area (Å²) in [5.74, 6) is -1.32. The summed E-state index contributed by atoms with van der Waals surface area (Å²) in [7, 11) is 1.82. The summed E-state index contributed by atoms with van der Waals surface area (Å²) in [4.78, 5) is 23.5. The van der Waals surface area contributed by atoms with Crippen molar-refractivity contribution in [3.8, 4) is 0 Å². The minimum atomic E-state index is -1.04. The molecule has 5 nitrogen and oxygen atoms in total. The molecule has 1 rings (SSSR count). The van der Waals surface area contributed by atoms with Crippen molar-refractivity contribution in [2.75, 3.05) is 20.1 Å². The van der Waals surface area contributed by atoms with Crippen molar-refractivity contribution in [2.24, 2.45) is 0 Å². The smallest absolute Gasteiger partial charge is 0.322 e. The van der Waals surface area contributed by atoms with E-state index in [9.17, 15) is 9.59 Å². The molecular formula is C13H18N2O3. The van der Waals surface area contributed by atoms with Gasteiger partial charge >= 0.3 is 5.97 Å². The van der Waals surface area contributed by atoms with E-state index in [1.165, 1.54) is 5.56 Å². The Labute approximate surface area is 106 Å². The standard InChI is InChI=1S/C13H18N2O3/c1-10-4-3-5-11(6-10)8-15(2)9-12(16)14-7-13(17)18/h3-6H,7-9H2,1-2H3,(H,14,16)(H,17,18). The lowest BCUT2D eigenvalue weighted by molar-refractivity contribution is -0.138. The molecule has 0 fully saturated rings. The van der Waals surface area contributed by atoms with Gasteiger partial charge in [0, 0.05) is 6.54 Å². The van der Waals surface area contributed by atoms with Crippen LogP contribution in [0, 0.1) is 6.92 Å². The summed E-state index contributed by atoms with van der Waals surface area (Å²) >= 11 is 0. The molecule has 98 valence electrons. The van der Waals surface area contributed by atoms with E-state index in [0.29, 0.717) is 6.54 Å². The van der Waals surface area contributed by atoms with Gasteiger partial charge in [0.2, 0.25) is 5.91 Å². The number of rotatable bonds is 6. The number of amides is 1. The summed E-state index contributed by atoms with van der Waals surface area (Å²) in [5, 5.41) is 10.8. The SMILES string of the molecule is Cc1cccc(CN(C)CC(=O)NCC(=O)O)c1. The fraction of sp³-hybridized carbons (Fsp3) is 0.385. The number of likely N-dealkylation sites (N-methyl/N-ethyl adjacent to an activating group) is 1. The average molecular weight is 250 g/mol. The topological polar surface area (TPSA) is 69.6 Å². The predicted octanol–water partition coefficient (Wildman–Crippen LogP) is 0.628. The average Bonchev–Trinajstić information content (AvgIpc) is 2.26. The van der Waals surface area contributed by atoms with Crippen LogP contribution in [0.25, 0.3) is 0 Å². The van der Waals surface area contributed by atoms with E-state index >= 15 is 0 Å². The molecule has 1 amide bonds. The molecule has 0 aromatic heterocycles. The Morgan fingerprint density at radius 3 is 2.72 bits per heavy atom. The van der Waals surface area contributed by atoms with E-state index in [1.54, 1.807) is 0 Å². The maximum atomic E-state index is 11.4. The third kappa shape index (κ3) is 5.45. The third-order valence-electron chi connectivity index (χ3n) is 2.39. The second-order valence-corrected chi connectivity index (χ2v) is 4.33. The van der Waals surface area contributed by atoms with Gasteiger partial charge in [-0.1, -0.05) is 29.8 Å². The lowest BCUT2D eigenvalue weighted by Crippen LogP contribution is -2.37. The van der Waals surface area contributed by atoms with E-state index < -0.39 is 5.97 Å². The van der Waals surface area contributed by atoms with Gasteiger partial charge in [-0.25, -0.2) is 0 Å². The van der Waals surface area contributed by atoms with Crippen molar-refractivity contribution >= 4 is 11.9 Å². The number of aryl methyl sites for hydroxylation is 1. The van der Waals surface area contributed by atoms with Gasteiger partial charge in [0.15, 0.2) is 0 Å². The molecule has 0 unspecified atom stereocenters. The summed E-state index contributed by atoms with van der Waals surface area (Å²) < 4.78 is 0. The second-order valence-electron chi connectivity index (χ2n) is 4.33. The van der Waals surface area contributed by atoms with Crippen molar-refractivity contribution in [1.82, 2.24) is 10.2 Å². The number of carbonyl (C=O) groups excluding carboxylic acids is 1. The van der Waals surface area contributed by atoms with Gasteiger partial charge in [-0.2, -0.15) is 0 Å². The lowest BCUT2D eigenvalue weighted by Gasteiger charge is -2.16.